The summed E-state index contributed by atoms with van der Waals surface area (Å²) in [5.74, 6) is 0.348. The molecule has 0 bridgehead atoms. The molecule has 0 radical (unpaired) electrons. The number of anilines is 1. The third-order valence-corrected chi connectivity index (χ3v) is 3.28. The van der Waals surface area contributed by atoms with Gasteiger partial charge in [0.1, 0.15) is 29.7 Å². The Kier molecular flexibility index (Phi) is 5.14. The van der Waals surface area contributed by atoms with Gasteiger partial charge in [0.05, 0.1) is 24.2 Å². The number of hydrogen-bond donors (Lipinski definition) is 4. The molecule has 0 spiro atoms. The molecule has 1 saturated heterocycles. The van der Waals surface area contributed by atoms with Gasteiger partial charge in [0, 0.05) is 0 Å². The van der Waals surface area contributed by atoms with Gasteiger partial charge in [-0.2, -0.15) is 0 Å². The number of nitro benzene ring substituents is 1. The minimum atomic E-state index is -1.42. The topological polar surface area (TPSA) is 134 Å². The Morgan fingerprint density at radius 2 is 2.14 bits per heavy atom. The van der Waals surface area contributed by atoms with Crippen LogP contribution in [-0.2, 0) is 4.74 Å². The van der Waals surface area contributed by atoms with Crippen LogP contribution in [0.4, 0.5) is 11.4 Å². The van der Waals surface area contributed by atoms with Gasteiger partial charge in [-0.05, 0) is 19.1 Å². The Labute approximate surface area is 126 Å². The SMILES string of the molecule is CCOc1ccc(N[C@H]2OC[C@@H](O)[C@H](O)[C@H]2O)c([N+](=O)[O-])c1. The molecule has 122 valence electrons. The largest absolute Gasteiger partial charge is 0.494 e. The lowest BCUT2D eigenvalue weighted by Crippen LogP contribution is -2.55. The van der Waals surface area contributed by atoms with Gasteiger partial charge in [-0.15, -0.1) is 0 Å². The number of aliphatic hydroxyl groups excluding tert-OH is 3. The molecule has 1 aliphatic rings. The van der Waals surface area contributed by atoms with E-state index in [1.807, 2.05) is 0 Å². The Balaban J connectivity index is 2.20. The fourth-order valence-electron chi connectivity index (χ4n) is 2.13. The first kappa shape index (κ1) is 16.4. The average Bonchev–Trinajstić information content (AvgIpc) is 2.49. The van der Waals surface area contributed by atoms with Gasteiger partial charge in [0.2, 0.25) is 0 Å². The third kappa shape index (κ3) is 3.45. The van der Waals surface area contributed by atoms with Gasteiger partial charge in [0.25, 0.3) is 5.69 Å². The number of aliphatic hydroxyl groups is 3. The van der Waals surface area contributed by atoms with Crippen molar-refractivity contribution in [3.05, 3.63) is 28.3 Å². The van der Waals surface area contributed by atoms with E-state index in [-0.39, 0.29) is 18.0 Å². The van der Waals surface area contributed by atoms with Crippen molar-refractivity contribution in [2.24, 2.45) is 0 Å². The summed E-state index contributed by atoms with van der Waals surface area (Å²) in [6.07, 6.45) is -5.10. The average molecular weight is 314 g/mol. The van der Waals surface area contributed by atoms with E-state index in [0.29, 0.717) is 12.4 Å². The molecule has 1 aromatic rings. The van der Waals surface area contributed by atoms with Crippen LogP contribution in [0.1, 0.15) is 6.92 Å². The molecule has 1 aromatic carbocycles. The molecule has 4 atom stereocenters. The summed E-state index contributed by atoms with van der Waals surface area (Å²) in [6, 6.07) is 4.22. The van der Waals surface area contributed by atoms with E-state index in [0.717, 1.165) is 0 Å². The van der Waals surface area contributed by atoms with Crippen LogP contribution in [-0.4, -0.2) is 58.0 Å². The van der Waals surface area contributed by atoms with Gasteiger partial charge in [-0.3, -0.25) is 10.1 Å². The van der Waals surface area contributed by atoms with Crippen LogP contribution < -0.4 is 10.1 Å². The minimum Gasteiger partial charge on any atom is -0.494 e. The van der Waals surface area contributed by atoms with Crippen molar-refractivity contribution in [1.82, 2.24) is 0 Å². The Morgan fingerprint density at radius 3 is 2.77 bits per heavy atom. The Hall–Kier alpha value is -1.94. The standard InChI is InChI=1S/C13H18N2O7/c1-2-21-7-3-4-8(9(5-7)15(19)20)14-13-12(18)11(17)10(16)6-22-13/h3-5,10-14,16-18H,2,6H2,1H3/t10-,11+,12-,13+/m1/s1. The molecule has 4 N–H and O–H groups in total. The summed E-state index contributed by atoms with van der Waals surface area (Å²) < 4.78 is 10.4. The lowest BCUT2D eigenvalue weighted by atomic mass is 10.0. The normalized spacial score (nSPS) is 28.2. The minimum absolute atomic E-state index is 0.112. The molecule has 0 amide bonds. The van der Waals surface area contributed by atoms with Crippen molar-refractivity contribution in [2.75, 3.05) is 18.5 Å². The van der Waals surface area contributed by atoms with Crippen LogP contribution in [0.15, 0.2) is 18.2 Å². The van der Waals surface area contributed by atoms with Crippen LogP contribution in [0.3, 0.4) is 0 Å². The van der Waals surface area contributed by atoms with Crippen molar-refractivity contribution >= 4 is 11.4 Å². The summed E-state index contributed by atoms with van der Waals surface area (Å²) in [5, 5.41) is 42.6. The Morgan fingerprint density at radius 1 is 1.41 bits per heavy atom. The maximum atomic E-state index is 11.1. The van der Waals surface area contributed by atoms with Crippen molar-refractivity contribution in [2.45, 2.75) is 31.5 Å². The molecule has 0 unspecified atom stereocenters. The lowest BCUT2D eigenvalue weighted by molar-refractivity contribution is -0.384. The van der Waals surface area contributed by atoms with Crippen LogP contribution in [0.5, 0.6) is 5.75 Å². The van der Waals surface area contributed by atoms with E-state index in [2.05, 4.69) is 5.32 Å². The summed E-state index contributed by atoms with van der Waals surface area (Å²) >= 11 is 0. The highest BCUT2D eigenvalue weighted by atomic mass is 16.6. The van der Waals surface area contributed by atoms with Gasteiger partial charge in [0.15, 0.2) is 6.23 Å². The molecule has 1 fully saturated rings. The smallest absolute Gasteiger partial charge is 0.296 e. The van der Waals surface area contributed by atoms with E-state index in [1.54, 1.807) is 13.0 Å². The summed E-state index contributed by atoms with van der Waals surface area (Å²) in [7, 11) is 0. The maximum Gasteiger partial charge on any atom is 0.296 e. The number of nitro groups is 1. The molecule has 9 heteroatoms. The molecular formula is C13H18N2O7. The number of hydrogen-bond acceptors (Lipinski definition) is 8. The van der Waals surface area contributed by atoms with Crippen LogP contribution in [0.25, 0.3) is 0 Å². The number of nitrogens with zero attached hydrogens (tertiary/aromatic N) is 1. The number of ether oxygens (including phenoxy) is 2. The zero-order valence-electron chi connectivity index (χ0n) is 11.9. The third-order valence-electron chi connectivity index (χ3n) is 3.28. The quantitative estimate of drug-likeness (QED) is 0.435. The van der Waals surface area contributed by atoms with E-state index < -0.39 is 29.5 Å². The van der Waals surface area contributed by atoms with Crippen LogP contribution >= 0.6 is 0 Å². The molecule has 9 nitrogen and oxygen atoms in total. The Bertz CT molecular complexity index is 539. The van der Waals surface area contributed by atoms with Gasteiger partial charge in [-0.1, -0.05) is 0 Å². The first-order chi connectivity index (χ1) is 10.4. The first-order valence-corrected chi connectivity index (χ1v) is 6.77. The molecule has 0 saturated carbocycles. The molecule has 1 aliphatic heterocycles. The highest BCUT2D eigenvalue weighted by Crippen LogP contribution is 2.31. The van der Waals surface area contributed by atoms with Gasteiger partial charge < -0.3 is 30.1 Å². The summed E-state index contributed by atoms with van der Waals surface area (Å²) in [6.45, 7) is 1.94. The highest BCUT2D eigenvalue weighted by Gasteiger charge is 2.38. The number of rotatable bonds is 5. The van der Waals surface area contributed by atoms with Gasteiger partial charge >= 0.3 is 0 Å². The molecular weight excluding hydrogens is 296 g/mol. The summed E-state index contributed by atoms with van der Waals surface area (Å²) in [4.78, 5) is 10.5. The van der Waals surface area contributed by atoms with Crippen LogP contribution in [0.2, 0.25) is 0 Å². The van der Waals surface area contributed by atoms with Crippen LogP contribution in [0, 0.1) is 10.1 Å². The van der Waals surface area contributed by atoms with E-state index in [1.165, 1.54) is 12.1 Å². The molecule has 1 heterocycles. The molecule has 0 aromatic heterocycles. The van der Waals surface area contributed by atoms with Crippen molar-refractivity contribution in [3.63, 3.8) is 0 Å². The highest BCUT2D eigenvalue weighted by molar-refractivity contribution is 5.64. The fourth-order valence-corrected chi connectivity index (χ4v) is 2.13. The lowest BCUT2D eigenvalue weighted by Gasteiger charge is -2.35. The monoisotopic (exact) mass is 314 g/mol. The molecule has 22 heavy (non-hydrogen) atoms. The number of benzene rings is 1. The zero-order chi connectivity index (χ0) is 16.3. The molecule has 0 aliphatic carbocycles. The summed E-state index contributed by atoms with van der Waals surface area (Å²) in [5.41, 5.74) is -0.136. The first-order valence-electron chi connectivity index (χ1n) is 6.77. The maximum absolute atomic E-state index is 11.1. The van der Waals surface area contributed by atoms with E-state index in [9.17, 15) is 25.4 Å². The second-order valence-electron chi connectivity index (χ2n) is 4.82. The number of nitrogens with one attached hydrogen (secondary N) is 1. The van der Waals surface area contributed by atoms with Gasteiger partial charge in [-0.25, -0.2) is 0 Å². The molecule has 2 rings (SSSR count). The predicted molar refractivity (Wildman–Crippen MR) is 75.6 cm³/mol. The second-order valence-corrected chi connectivity index (χ2v) is 4.82. The predicted octanol–water partition coefficient (Wildman–Crippen LogP) is -0.156. The van der Waals surface area contributed by atoms with Crippen molar-refractivity contribution in [3.8, 4) is 5.75 Å². The van der Waals surface area contributed by atoms with Crippen molar-refractivity contribution in [1.29, 1.82) is 0 Å². The zero-order valence-corrected chi connectivity index (χ0v) is 11.9. The van der Waals surface area contributed by atoms with E-state index >= 15 is 0 Å². The second kappa shape index (κ2) is 6.88. The fraction of sp³-hybridized carbons (Fsp3) is 0.538. The van der Waals surface area contributed by atoms with E-state index in [4.69, 9.17) is 9.47 Å². The van der Waals surface area contributed by atoms with Crippen molar-refractivity contribution < 1.29 is 29.7 Å².